The van der Waals surface area contributed by atoms with Crippen LogP contribution in [0.25, 0.3) is 21.9 Å². The second-order valence-corrected chi connectivity index (χ2v) is 5.85. The summed E-state index contributed by atoms with van der Waals surface area (Å²) in [4.78, 5) is 11.7. The lowest BCUT2D eigenvalue weighted by molar-refractivity contribution is 0.0265. The van der Waals surface area contributed by atoms with Crippen LogP contribution in [0.15, 0.2) is 38.1 Å². The lowest BCUT2D eigenvalue weighted by Gasteiger charge is -2.20. The molecule has 1 atom stereocenters. The Morgan fingerprint density at radius 2 is 1.79 bits per heavy atom. The predicted molar refractivity (Wildman–Crippen MR) is 89.9 cm³/mol. The molecule has 0 N–H and O–H groups in total. The molecule has 0 amide bonds. The van der Waals surface area contributed by atoms with Crippen molar-refractivity contribution < 1.29 is 23.0 Å². The summed E-state index contributed by atoms with van der Waals surface area (Å²) in [6, 6.07) is 4.81. The Morgan fingerprint density at radius 3 is 2.46 bits per heavy atom. The molecule has 0 radical (unpaired) electrons. The third-order valence-electron chi connectivity index (χ3n) is 4.04. The van der Waals surface area contributed by atoms with Gasteiger partial charge in [-0.2, -0.15) is 0 Å². The average Bonchev–Trinajstić information content (AvgIpc) is 3.03. The van der Waals surface area contributed by atoms with E-state index in [2.05, 4.69) is 0 Å². The molecule has 6 nitrogen and oxygen atoms in total. The molecule has 2 aromatic heterocycles. The van der Waals surface area contributed by atoms with E-state index in [1.165, 1.54) is 6.07 Å². The number of hydrogen-bond acceptors (Lipinski definition) is 6. The fourth-order valence-electron chi connectivity index (χ4n) is 2.73. The summed E-state index contributed by atoms with van der Waals surface area (Å²) in [5.41, 5.74) is 0.320. The standard InChI is InChI=1S/C18H20O6/c1-10(2)13(20-3)9-23-18-16-12(7-8-22-16)15(21-4)11-5-6-14(19)24-17(11)18/h5-8,10,13H,9H2,1-4H3/t13-/m1/s1. The average molecular weight is 332 g/mol. The molecule has 0 spiro atoms. The Morgan fingerprint density at radius 1 is 1.04 bits per heavy atom. The normalized spacial score (nSPS) is 12.9. The van der Waals surface area contributed by atoms with Gasteiger partial charge in [0.1, 0.15) is 12.4 Å². The highest BCUT2D eigenvalue weighted by molar-refractivity contribution is 6.06. The number of furan rings is 1. The molecule has 0 fully saturated rings. The van der Waals surface area contributed by atoms with Gasteiger partial charge in [0, 0.05) is 13.2 Å². The molecule has 0 saturated carbocycles. The summed E-state index contributed by atoms with van der Waals surface area (Å²) in [5.74, 6) is 1.24. The molecular weight excluding hydrogens is 312 g/mol. The van der Waals surface area contributed by atoms with E-state index in [1.807, 2.05) is 13.8 Å². The first kappa shape index (κ1) is 16.4. The minimum Gasteiger partial charge on any atom is -0.495 e. The number of rotatable bonds is 6. The quantitative estimate of drug-likeness (QED) is 0.642. The molecule has 0 unspecified atom stereocenters. The monoisotopic (exact) mass is 332 g/mol. The number of ether oxygens (including phenoxy) is 3. The Kier molecular flexibility index (Phi) is 4.49. The van der Waals surface area contributed by atoms with Gasteiger partial charge in [-0.1, -0.05) is 13.8 Å². The van der Waals surface area contributed by atoms with Crippen molar-refractivity contribution in [2.45, 2.75) is 20.0 Å². The van der Waals surface area contributed by atoms with E-state index in [4.69, 9.17) is 23.0 Å². The van der Waals surface area contributed by atoms with Gasteiger partial charge in [-0.05, 0) is 18.1 Å². The lowest BCUT2D eigenvalue weighted by atomic mass is 10.1. The van der Waals surface area contributed by atoms with Crippen molar-refractivity contribution in [2.24, 2.45) is 5.92 Å². The molecular formula is C18H20O6. The Bertz CT molecular complexity index is 905. The van der Waals surface area contributed by atoms with Crippen LogP contribution in [-0.4, -0.2) is 26.9 Å². The number of methoxy groups -OCH3 is 2. The number of fused-ring (bicyclic) bond motifs is 2. The zero-order valence-corrected chi connectivity index (χ0v) is 14.1. The maximum Gasteiger partial charge on any atom is 0.336 e. The van der Waals surface area contributed by atoms with E-state index in [-0.39, 0.29) is 12.0 Å². The summed E-state index contributed by atoms with van der Waals surface area (Å²) < 4.78 is 27.8. The van der Waals surface area contributed by atoms with E-state index in [0.717, 1.165) is 5.39 Å². The molecule has 0 bridgehead atoms. The molecule has 0 aliphatic carbocycles. The molecule has 3 rings (SSSR count). The van der Waals surface area contributed by atoms with Crippen molar-refractivity contribution in [3.63, 3.8) is 0 Å². The second kappa shape index (κ2) is 6.57. The second-order valence-electron chi connectivity index (χ2n) is 5.85. The van der Waals surface area contributed by atoms with Crippen LogP contribution in [0.1, 0.15) is 13.8 Å². The van der Waals surface area contributed by atoms with Gasteiger partial charge in [0.2, 0.25) is 5.75 Å². The fourth-order valence-corrected chi connectivity index (χ4v) is 2.73. The van der Waals surface area contributed by atoms with Crippen molar-refractivity contribution >= 4 is 21.9 Å². The molecule has 2 heterocycles. The van der Waals surface area contributed by atoms with Gasteiger partial charge in [-0.3, -0.25) is 0 Å². The molecule has 128 valence electrons. The van der Waals surface area contributed by atoms with Crippen LogP contribution in [0.4, 0.5) is 0 Å². The van der Waals surface area contributed by atoms with Gasteiger partial charge in [0.15, 0.2) is 11.2 Å². The molecule has 3 aromatic rings. The minimum atomic E-state index is -0.465. The first-order valence-electron chi connectivity index (χ1n) is 7.73. The van der Waals surface area contributed by atoms with Gasteiger partial charge in [-0.25, -0.2) is 4.79 Å². The van der Waals surface area contributed by atoms with Gasteiger partial charge in [-0.15, -0.1) is 0 Å². The third-order valence-corrected chi connectivity index (χ3v) is 4.04. The molecule has 6 heteroatoms. The maximum atomic E-state index is 11.7. The van der Waals surface area contributed by atoms with E-state index in [1.54, 1.807) is 32.6 Å². The van der Waals surface area contributed by atoms with E-state index in [9.17, 15) is 4.79 Å². The summed E-state index contributed by atoms with van der Waals surface area (Å²) in [5, 5.41) is 1.41. The molecule has 0 saturated heterocycles. The minimum absolute atomic E-state index is 0.0948. The first-order chi connectivity index (χ1) is 11.6. The predicted octanol–water partition coefficient (Wildman–Crippen LogP) is 3.60. The highest BCUT2D eigenvalue weighted by Crippen LogP contribution is 2.42. The summed E-state index contributed by atoms with van der Waals surface area (Å²) >= 11 is 0. The van der Waals surface area contributed by atoms with Crippen molar-refractivity contribution in [1.82, 2.24) is 0 Å². The van der Waals surface area contributed by atoms with Gasteiger partial charge < -0.3 is 23.0 Å². The molecule has 0 aliphatic rings. The smallest absolute Gasteiger partial charge is 0.336 e. The summed E-state index contributed by atoms with van der Waals surface area (Å²) in [6.45, 7) is 4.41. The van der Waals surface area contributed by atoms with Crippen LogP contribution in [0.5, 0.6) is 11.5 Å². The Hall–Kier alpha value is -2.47. The van der Waals surface area contributed by atoms with Crippen molar-refractivity contribution in [1.29, 1.82) is 0 Å². The number of hydrogen-bond donors (Lipinski definition) is 0. The van der Waals surface area contributed by atoms with Crippen LogP contribution < -0.4 is 15.1 Å². The SMILES string of the molecule is COc1c2ccoc2c(OC[C@@H](OC)C(C)C)c2oc(=O)ccc12. The van der Waals surface area contributed by atoms with Crippen LogP contribution in [-0.2, 0) is 4.74 Å². The van der Waals surface area contributed by atoms with E-state index in [0.29, 0.717) is 34.7 Å². The van der Waals surface area contributed by atoms with E-state index >= 15 is 0 Å². The first-order valence-corrected chi connectivity index (χ1v) is 7.73. The Balaban J connectivity index is 2.18. The van der Waals surface area contributed by atoms with Gasteiger partial charge in [0.25, 0.3) is 0 Å². The van der Waals surface area contributed by atoms with Crippen LogP contribution in [0.2, 0.25) is 0 Å². The van der Waals surface area contributed by atoms with Crippen molar-refractivity contribution in [3.05, 3.63) is 34.9 Å². The zero-order chi connectivity index (χ0) is 17.3. The molecule has 0 aliphatic heterocycles. The molecule has 24 heavy (non-hydrogen) atoms. The fraction of sp³-hybridized carbons (Fsp3) is 0.389. The molecule has 1 aromatic carbocycles. The maximum absolute atomic E-state index is 11.7. The topological polar surface area (TPSA) is 71.0 Å². The van der Waals surface area contributed by atoms with Crippen LogP contribution >= 0.6 is 0 Å². The van der Waals surface area contributed by atoms with Gasteiger partial charge >= 0.3 is 5.63 Å². The van der Waals surface area contributed by atoms with Crippen molar-refractivity contribution in [3.8, 4) is 11.5 Å². The third kappa shape index (κ3) is 2.73. The van der Waals surface area contributed by atoms with Crippen LogP contribution in [0.3, 0.4) is 0 Å². The number of benzene rings is 1. The largest absolute Gasteiger partial charge is 0.495 e. The van der Waals surface area contributed by atoms with Crippen LogP contribution in [0, 0.1) is 5.92 Å². The zero-order valence-electron chi connectivity index (χ0n) is 14.1. The van der Waals surface area contributed by atoms with Crippen molar-refractivity contribution in [2.75, 3.05) is 20.8 Å². The summed E-state index contributed by atoms with van der Waals surface area (Å²) in [6.07, 6.45) is 1.45. The van der Waals surface area contributed by atoms with Gasteiger partial charge in [0.05, 0.1) is 30.2 Å². The van der Waals surface area contributed by atoms with E-state index < -0.39 is 5.63 Å². The highest BCUT2D eigenvalue weighted by Gasteiger charge is 2.22. The summed E-state index contributed by atoms with van der Waals surface area (Å²) in [7, 11) is 3.20. The Labute approximate surface area is 138 Å². The highest BCUT2D eigenvalue weighted by atomic mass is 16.5. The lowest BCUT2D eigenvalue weighted by Crippen LogP contribution is -2.26.